The van der Waals surface area contributed by atoms with E-state index in [1.807, 2.05) is 0 Å². The highest BCUT2D eigenvalue weighted by molar-refractivity contribution is 5.27. The third kappa shape index (κ3) is 4.05. The molecule has 0 amide bonds. The van der Waals surface area contributed by atoms with Crippen molar-refractivity contribution in [2.24, 2.45) is 5.92 Å². The summed E-state index contributed by atoms with van der Waals surface area (Å²) in [5.74, 6) is 0.662. The molecule has 0 aliphatic rings. The minimum Gasteiger partial charge on any atom is -0.383 e. The molecule has 1 N–H and O–H groups in total. The van der Waals surface area contributed by atoms with Crippen molar-refractivity contribution in [3.63, 3.8) is 0 Å². The molecule has 2 heteroatoms. The van der Waals surface area contributed by atoms with Crippen LogP contribution in [0.1, 0.15) is 39.2 Å². The van der Waals surface area contributed by atoms with Crippen LogP contribution in [0.15, 0.2) is 30.3 Å². The number of benzene rings is 1. The lowest BCUT2D eigenvalue weighted by molar-refractivity contribution is 0.189. The quantitative estimate of drug-likeness (QED) is 0.687. The predicted molar refractivity (Wildman–Crippen MR) is 82.6 cm³/mol. The molecular formula is C17H29NO. The van der Waals surface area contributed by atoms with Crippen LogP contribution >= 0.6 is 0 Å². The normalized spacial score (nSPS) is 16.0. The molecule has 2 unspecified atom stereocenters. The van der Waals surface area contributed by atoms with Gasteiger partial charge in [0.1, 0.15) is 0 Å². The van der Waals surface area contributed by atoms with Gasteiger partial charge in [-0.1, -0.05) is 57.5 Å². The molecule has 1 aromatic carbocycles. The molecule has 0 spiro atoms. The van der Waals surface area contributed by atoms with Crippen molar-refractivity contribution in [1.29, 1.82) is 0 Å². The van der Waals surface area contributed by atoms with E-state index in [0.29, 0.717) is 5.92 Å². The summed E-state index contributed by atoms with van der Waals surface area (Å²) in [6, 6.07) is 10.9. The largest absolute Gasteiger partial charge is 0.383 e. The van der Waals surface area contributed by atoms with Crippen molar-refractivity contribution in [2.75, 3.05) is 26.8 Å². The average Bonchev–Trinajstić information content (AvgIpc) is 2.48. The maximum Gasteiger partial charge on any atom is 0.0587 e. The van der Waals surface area contributed by atoms with Gasteiger partial charge in [0.05, 0.1) is 6.61 Å². The maximum absolute atomic E-state index is 5.12. The fraction of sp³-hybridized carbons (Fsp3) is 0.647. The van der Waals surface area contributed by atoms with Gasteiger partial charge in [-0.25, -0.2) is 0 Å². The Kier molecular flexibility index (Phi) is 7.11. The smallest absolute Gasteiger partial charge is 0.0587 e. The van der Waals surface area contributed by atoms with Gasteiger partial charge in [0.15, 0.2) is 0 Å². The second kappa shape index (κ2) is 8.34. The Hall–Kier alpha value is -0.860. The SMILES string of the molecule is CCC(C)C(CC)(CNCCOC)c1ccccc1. The Morgan fingerprint density at radius 3 is 2.42 bits per heavy atom. The standard InChI is InChI=1S/C17H29NO/c1-5-15(3)17(6-2,14-18-12-13-19-4)16-10-8-7-9-11-16/h7-11,15,18H,5-6,12-14H2,1-4H3. The number of hydrogen-bond acceptors (Lipinski definition) is 2. The van der Waals surface area contributed by atoms with E-state index in [0.717, 1.165) is 26.1 Å². The lowest BCUT2D eigenvalue weighted by atomic mass is 9.68. The molecule has 108 valence electrons. The molecule has 0 saturated heterocycles. The van der Waals surface area contributed by atoms with E-state index >= 15 is 0 Å². The number of methoxy groups -OCH3 is 1. The molecule has 0 heterocycles. The lowest BCUT2D eigenvalue weighted by Gasteiger charge is -2.39. The minimum atomic E-state index is 0.226. The van der Waals surface area contributed by atoms with Crippen LogP contribution in [0.5, 0.6) is 0 Å². The number of rotatable bonds is 9. The highest BCUT2D eigenvalue weighted by Crippen LogP contribution is 2.37. The summed E-state index contributed by atoms with van der Waals surface area (Å²) < 4.78 is 5.12. The maximum atomic E-state index is 5.12. The molecule has 2 atom stereocenters. The summed E-state index contributed by atoms with van der Waals surface area (Å²) in [6.45, 7) is 9.67. The fourth-order valence-corrected chi connectivity index (χ4v) is 2.88. The summed E-state index contributed by atoms with van der Waals surface area (Å²) in [4.78, 5) is 0. The van der Waals surface area contributed by atoms with Crippen LogP contribution in [0.2, 0.25) is 0 Å². The fourth-order valence-electron chi connectivity index (χ4n) is 2.88. The van der Waals surface area contributed by atoms with Crippen molar-refractivity contribution >= 4 is 0 Å². The van der Waals surface area contributed by atoms with Crippen LogP contribution in [0.25, 0.3) is 0 Å². The number of nitrogens with one attached hydrogen (secondary N) is 1. The van der Waals surface area contributed by atoms with E-state index in [2.05, 4.69) is 56.4 Å². The Morgan fingerprint density at radius 1 is 1.21 bits per heavy atom. The highest BCUT2D eigenvalue weighted by atomic mass is 16.5. The lowest BCUT2D eigenvalue weighted by Crippen LogP contribution is -2.43. The van der Waals surface area contributed by atoms with Crippen LogP contribution in [-0.4, -0.2) is 26.8 Å². The molecule has 1 aromatic rings. The van der Waals surface area contributed by atoms with E-state index in [1.165, 1.54) is 12.0 Å². The van der Waals surface area contributed by atoms with Gasteiger partial charge in [-0.2, -0.15) is 0 Å². The van der Waals surface area contributed by atoms with Crippen LogP contribution < -0.4 is 5.32 Å². The van der Waals surface area contributed by atoms with Crippen LogP contribution in [-0.2, 0) is 10.2 Å². The molecule has 0 aliphatic heterocycles. The molecule has 19 heavy (non-hydrogen) atoms. The van der Waals surface area contributed by atoms with Gasteiger partial charge < -0.3 is 10.1 Å². The first-order valence-electron chi connectivity index (χ1n) is 7.46. The van der Waals surface area contributed by atoms with Gasteiger partial charge in [-0.15, -0.1) is 0 Å². The van der Waals surface area contributed by atoms with Gasteiger partial charge in [-0.3, -0.25) is 0 Å². The zero-order valence-electron chi connectivity index (χ0n) is 12.9. The molecular weight excluding hydrogens is 234 g/mol. The summed E-state index contributed by atoms with van der Waals surface area (Å²) in [5.41, 5.74) is 1.68. The van der Waals surface area contributed by atoms with Gasteiger partial charge in [0.2, 0.25) is 0 Å². The molecule has 0 aliphatic carbocycles. The van der Waals surface area contributed by atoms with Crippen molar-refractivity contribution in [1.82, 2.24) is 5.32 Å². The highest BCUT2D eigenvalue weighted by Gasteiger charge is 2.34. The van der Waals surface area contributed by atoms with Crippen molar-refractivity contribution in [3.05, 3.63) is 35.9 Å². The zero-order valence-corrected chi connectivity index (χ0v) is 12.9. The first-order valence-corrected chi connectivity index (χ1v) is 7.46. The summed E-state index contributed by atoms with van der Waals surface area (Å²) in [7, 11) is 1.75. The average molecular weight is 263 g/mol. The molecule has 1 rings (SSSR count). The second-order valence-corrected chi connectivity index (χ2v) is 5.35. The second-order valence-electron chi connectivity index (χ2n) is 5.35. The topological polar surface area (TPSA) is 21.3 Å². The van der Waals surface area contributed by atoms with E-state index in [1.54, 1.807) is 7.11 Å². The monoisotopic (exact) mass is 263 g/mol. The van der Waals surface area contributed by atoms with Crippen molar-refractivity contribution < 1.29 is 4.74 Å². The van der Waals surface area contributed by atoms with E-state index < -0.39 is 0 Å². The molecule has 2 nitrogen and oxygen atoms in total. The Labute approximate surface area is 118 Å². The van der Waals surface area contributed by atoms with E-state index in [9.17, 15) is 0 Å². The molecule has 0 aromatic heterocycles. The van der Waals surface area contributed by atoms with E-state index in [-0.39, 0.29) is 5.41 Å². The summed E-state index contributed by atoms with van der Waals surface area (Å²) in [5, 5.41) is 3.57. The summed E-state index contributed by atoms with van der Waals surface area (Å²) in [6.07, 6.45) is 2.36. The molecule has 0 fully saturated rings. The van der Waals surface area contributed by atoms with Crippen molar-refractivity contribution in [3.8, 4) is 0 Å². The summed E-state index contributed by atoms with van der Waals surface area (Å²) >= 11 is 0. The van der Waals surface area contributed by atoms with Crippen molar-refractivity contribution in [2.45, 2.75) is 39.0 Å². The zero-order chi connectivity index (χ0) is 14.1. The first-order chi connectivity index (χ1) is 9.21. The Morgan fingerprint density at radius 2 is 1.89 bits per heavy atom. The molecule has 0 radical (unpaired) electrons. The molecule has 0 bridgehead atoms. The van der Waals surface area contributed by atoms with Gasteiger partial charge in [0.25, 0.3) is 0 Å². The van der Waals surface area contributed by atoms with E-state index in [4.69, 9.17) is 4.74 Å². The first kappa shape index (κ1) is 16.2. The minimum absolute atomic E-state index is 0.226. The number of hydrogen-bond donors (Lipinski definition) is 1. The number of ether oxygens (including phenoxy) is 1. The third-order valence-corrected chi connectivity index (χ3v) is 4.46. The third-order valence-electron chi connectivity index (χ3n) is 4.46. The van der Waals surface area contributed by atoms with Gasteiger partial charge in [0, 0.05) is 25.6 Å². The Bertz CT molecular complexity index is 338. The Balaban J connectivity index is 2.89. The van der Waals surface area contributed by atoms with Crippen LogP contribution in [0, 0.1) is 5.92 Å². The van der Waals surface area contributed by atoms with Gasteiger partial charge in [-0.05, 0) is 17.9 Å². The van der Waals surface area contributed by atoms with Crippen LogP contribution in [0.4, 0.5) is 0 Å². The van der Waals surface area contributed by atoms with Crippen LogP contribution in [0.3, 0.4) is 0 Å². The van der Waals surface area contributed by atoms with Gasteiger partial charge >= 0.3 is 0 Å². The molecule has 0 saturated carbocycles. The predicted octanol–water partition coefficient (Wildman–Crippen LogP) is 3.62.